The Balaban J connectivity index is 1.90. The van der Waals surface area contributed by atoms with Crippen LogP contribution in [-0.2, 0) is 0 Å². The minimum absolute atomic E-state index is 0.454. The molecule has 1 aliphatic heterocycles. The second kappa shape index (κ2) is 4.83. The van der Waals surface area contributed by atoms with Crippen molar-refractivity contribution in [1.82, 2.24) is 0 Å². The van der Waals surface area contributed by atoms with Gasteiger partial charge in [-0.3, -0.25) is 0 Å². The summed E-state index contributed by atoms with van der Waals surface area (Å²) in [4.78, 5) is 2.36. The predicted molar refractivity (Wildman–Crippen MR) is 85.5 cm³/mol. The molecule has 96 valence electrons. The van der Waals surface area contributed by atoms with Crippen molar-refractivity contribution in [3.8, 4) is 0 Å². The summed E-state index contributed by atoms with van der Waals surface area (Å²) in [6.45, 7) is 4.25. The molecule has 0 N–H and O–H groups in total. The van der Waals surface area contributed by atoms with Gasteiger partial charge >= 0.3 is 0 Å². The highest BCUT2D eigenvalue weighted by atomic mass is 31.0. The van der Waals surface area contributed by atoms with Gasteiger partial charge in [0, 0.05) is 17.5 Å². The number of hydrogen-bond acceptors (Lipinski definition) is 0. The Bertz CT molecular complexity index is 598. The molecule has 0 radical (unpaired) electrons. The van der Waals surface area contributed by atoms with E-state index >= 15 is 0 Å². The van der Waals surface area contributed by atoms with E-state index in [0.29, 0.717) is 6.04 Å². The van der Waals surface area contributed by atoms with Crippen molar-refractivity contribution in [3.63, 3.8) is 0 Å². The fourth-order valence-electron chi connectivity index (χ4n) is 2.55. The van der Waals surface area contributed by atoms with E-state index in [2.05, 4.69) is 76.1 Å². The smallest absolute Gasteiger partial charge is 0.0649 e. The van der Waals surface area contributed by atoms with Gasteiger partial charge in [-0.15, -0.1) is 0 Å². The largest absolute Gasteiger partial charge is 0.334 e. The summed E-state index contributed by atoms with van der Waals surface area (Å²) in [6.07, 6.45) is 1.08. The van der Waals surface area contributed by atoms with E-state index in [1.807, 2.05) is 0 Å². The highest BCUT2D eigenvalue weighted by Gasteiger charge is 2.33. The molecule has 0 amide bonds. The van der Waals surface area contributed by atoms with Crippen molar-refractivity contribution in [2.24, 2.45) is 0 Å². The number of nitrogens with zero attached hydrogens (tertiary/aromatic N) is 1. The molecule has 0 saturated carbocycles. The number of hydrogen-bond donors (Lipinski definition) is 0. The van der Waals surface area contributed by atoms with Crippen molar-refractivity contribution >= 4 is 20.0 Å². The molecule has 2 aromatic carbocycles. The lowest BCUT2D eigenvalue weighted by molar-refractivity contribution is 0.665. The van der Waals surface area contributed by atoms with Gasteiger partial charge in [0.1, 0.15) is 0 Å². The molecule has 0 aromatic heterocycles. The topological polar surface area (TPSA) is 3.24 Å². The summed E-state index contributed by atoms with van der Waals surface area (Å²) in [6, 6.07) is 18.0. The summed E-state index contributed by atoms with van der Waals surface area (Å²) >= 11 is 0. The summed E-state index contributed by atoms with van der Waals surface area (Å²) < 4.78 is 0. The van der Waals surface area contributed by atoms with Crippen molar-refractivity contribution in [3.05, 3.63) is 65.2 Å². The zero-order chi connectivity index (χ0) is 13.4. The van der Waals surface area contributed by atoms with Crippen LogP contribution in [0.2, 0.25) is 0 Å². The van der Waals surface area contributed by atoms with E-state index in [9.17, 15) is 0 Å². The van der Waals surface area contributed by atoms with Crippen molar-refractivity contribution in [2.45, 2.75) is 26.3 Å². The van der Waals surface area contributed by atoms with Gasteiger partial charge in [-0.1, -0.05) is 56.4 Å². The minimum atomic E-state index is 0.454. The predicted octanol–water partition coefficient (Wildman–Crippen LogP) is 4.53. The van der Waals surface area contributed by atoms with Crippen LogP contribution in [0.3, 0.4) is 0 Å². The van der Waals surface area contributed by atoms with Gasteiger partial charge in [-0.05, 0) is 31.5 Å². The molecule has 1 heterocycles. The van der Waals surface area contributed by atoms with E-state index in [0.717, 1.165) is 6.42 Å². The molecule has 19 heavy (non-hydrogen) atoms. The first-order valence-electron chi connectivity index (χ1n) is 6.65. The molecular formula is C17H18NP. The minimum Gasteiger partial charge on any atom is -0.334 e. The Labute approximate surface area is 117 Å². The van der Waals surface area contributed by atoms with E-state index in [1.54, 1.807) is 0 Å². The molecule has 1 unspecified atom stereocenters. The van der Waals surface area contributed by atoms with Gasteiger partial charge in [-0.25, -0.2) is 0 Å². The molecule has 0 bridgehead atoms. The van der Waals surface area contributed by atoms with Crippen LogP contribution in [0.4, 0.5) is 5.69 Å². The molecule has 2 heteroatoms. The van der Waals surface area contributed by atoms with Crippen LogP contribution >= 0.6 is 8.86 Å². The number of anilines is 1. The zero-order valence-electron chi connectivity index (χ0n) is 11.4. The van der Waals surface area contributed by atoms with Gasteiger partial charge in [0.15, 0.2) is 0 Å². The van der Waals surface area contributed by atoms with Crippen LogP contribution in [0, 0.1) is 13.8 Å². The summed E-state index contributed by atoms with van der Waals surface area (Å²) in [5.41, 5.74) is 6.51. The SMILES string of the molecule is Cc1ccc(C2CC(=P)N2c2ccc(C)cc2)cc1. The highest BCUT2D eigenvalue weighted by molar-refractivity contribution is 7.22. The van der Waals surface area contributed by atoms with Crippen molar-refractivity contribution in [2.75, 3.05) is 4.90 Å². The molecule has 0 aliphatic carbocycles. The fourth-order valence-corrected chi connectivity index (χ4v) is 3.02. The molecule has 1 fully saturated rings. The van der Waals surface area contributed by atoms with E-state index in [1.165, 1.54) is 27.8 Å². The molecular weight excluding hydrogens is 249 g/mol. The lowest BCUT2D eigenvalue weighted by atomic mass is 9.93. The van der Waals surface area contributed by atoms with E-state index < -0.39 is 0 Å². The Morgan fingerprint density at radius 2 is 1.42 bits per heavy atom. The standard InChI is InChI=1S/C17H18NP/c1-12-3-7-14(8-4-12)16-11-17(19)18(16)15-9-5-13(2)6-10-15/h3-10,16,19H,11H2,1-2H3. The quantitative estimate of drug-likeness (QED) is 0.723. The maximum absolute atomic E-state index is 3.73. The van der Waals surface area contributed by atoms with Crippen molar-refractivity contribution in [1.29, 1.82) is 0 Å². The van der Waals surface area contributed by atoms with Crippen molar-refractivity contribution < 1.29 is 0 Å². The van der Waals surface area contributed by atoms with Crippen LogP contribution in [0.15, 0.2) is 48.5 Å². The first-order valence-corrected chi connectivity index (χ1v) is 7.15. The summed E-state index contributed by atoms with van der Waals surface area (Å²) in [7, 11) is 3.73. The van der Waals surface area contributed by atoms with Gasteiger partial charge < -0.3 is 4.90 Å². The van der Waals surface area contributed by atoms with Crippen LogP contribution < -0.4 is 4.90 Å². The van der Waals surface area contributed by atoms with Gasteiger partial charge in [-0.2, -0.15) is 0 Å². The van der Waals surface area contributed by atoms with E-state index in [-0.39, 0.29) is 0 Å². The first-order chi connectivity index (χ1) is 9.15. The molecule has 3 rings (SSSR count). The molecule has 1 aliphatic rings. The van der Waals surface area contributed by atoms with E-state index in [4.69, 9.17) is 0 Å². The maximum atomic E-state index is 3.73. The number of aryl methyl sites for hydroxylation is 2. The van der Waals surface area contributed by atoms with Crippen LogP contribution in [0.1, 0.15) is 29.2 Å². The molecule has 0 spiro atoms. The van der Waals surface area contributed by atoms with Gasteiger partial charge in [0.05, 0.1) is 6.04 Å². The average Bonchev–Trinajstić information content (AvgIpc) is 2.40. The highest BCUT2D eigenvalue weighted by Crippen LogP contribution is 2.40. The third kappa shape index (κ3) is 2.31. The maximum Gasteiger partial charge on any atom is 0.0649 e. The Morgan fingerprint density at radius 3 is 1.95 bits per heavy atom. The third-order valence-corrected chi connectivity index (χ3v) is 4.21. The van der Waals surface area contributed by atoms with Crippen LogP contribution in [-0.4, -0.2) is 5.42 Å². The average molecular weight is 267 g/mol. The fraction of sp³-hybridized carbons (Fsp3) is 0.235. The Kier molecular flexibility index (Phi) is 3.16. The monoisotopic (exact) mass is 267 g/mol. The summed E-state index contributed by atoms with van der Waals surface area (Å²) in [5, 5.41) is 0. The lowest BCUT2D eigenvalue weighted by Crippen LogP contribution is -2.45. The molecule has 2 aromatic rings. The Hall–Kier alpha value is -1.59. The number of rotatable bonds is 2. The van der Waals surface area contributed by atoms with Gasteiger partial charge in [0.2, 0.25) is 0 Å². The van der Waals surface area contributed by atoms with Crippen LogP contribution in [0.25, 0.3) is 0 Å². The molecule has 1 saturated heterocycles. The second-order valence-corrected chi connectivity index (χ2v) is 5.86. The summed E-state index contributed by atoms with van der Waals surface area (Å²) in [5.74, 6) is 0. The first kappa shape index (κ1) is 12.4. The molecule has 1 atom stereocenters. The second-order valence-electron chi connectivity index (χ2n) is 5.28. The van der Waals surface area contributed by atoms with Crippen LogP contribution in [0.5, 0.6) is 0 Å². The zero-order valence-corrected chi connectivity index (χ0v) is 12.4. The third-order valence-electron chi connectivity index (χ3n) is 3.76. The lowest BCUT2D eigenvalue weighted by Gasteiger charge is -2.44. The van der Waals surface area contributed by atoms with Gasteiger partial charge in [0.25, 0.3) is 0 Å². The normalized spacial score (nSPS) is 18.3. The molecule has 1 nitrogen and oxygen atoms in total. The Morgan fingerprint density at radius 1 is 0.895 bits per heavy atom. The number of benzene rings is 2.